The van der Waals surface area contributed by atoms with Crippen LogP contribution >= 0.6 is 0 Å². The van der Waals surface area contributed by atoms with Crippen LogP contribution in [0.5, 0.6) is 0 Å². The Morgan fingerprint density at radius 3 is 2.58 bits per heavy atom. The molecule has 0 aliphatic carbocycles. The zero-order valence-corrected chi connectivity index (χ0v) is 16.6. The van der Waals surface area contributed by atoms with Crippen molar-refractivity contribution in [1.29, 1.82) is 0 Å². The number of anilines is 1. The van der Waals surface area contributed by atoms with Crippen LogP contribution in [0.3, 0.4) is 0 Å². The average Bonchev–Trinajstić information content (AvgIpc) is 3.04. The maximum atomic E-state index is 15.1. The molecule has 170 valence electrons. The zero-order chi connectivity index (χ0) is 22.4. The summed E-state index contributed by atoms with van der Waals surface area (Å²) >= 11 is 0. The van der Waals surface area contributed by atoms with Gasteiger partial charge in [-0.05, 0) is 24.6 Å². The van der Waals surface area contributed by atoms with Crippen molar-refractivity contribution < 1.29 is 40.6 Å². The van der Waals surface area contributed by atoms with E-state index in [1.54, 1.807) is 0 Å². The third-order valence-electron chi connectivity index (χ3n) is 5.47. The molecule has 0 unspecified atom stereocenters. The second-order valence-corrected chi connectivity index (χ2v) is 7.61. The highest BCUT2D eigenvalue weighted by atomic mass is 19.4. The Morgan fingerprint density at radius 1 is 1.16 bits per heavy atom. The topological polar surface area (TPSA) is 63.9 Å². The van der Waals surface area contributed by atoms with Crippen LogP contribution in [0.2, 0.25) is 0 Å². The van der Waals surface area contributed by atoms with Crippen molar-refractivity contribution in [3.63, 3.8) is 0 Å². The summed E-state index contributed by atoms with van der Waals surface area (Å²) in [5.74, 6) is -4.35. The highest BCUT2D eigenvalue weighted by Gasteiger charge is 2.46. The Bertz CT molecular complexity index is 966. The van der Waals surface area contributed by atoms with E-state index < -0.39 is 36.2 Å². The smallest absolute Gasteiger partial charge is 0.416 e. The van der Waals surface area contributed by atoms with Gasteiger partial charge in [0, 0.05) is 18.5 Å². The molecule has 1 aromatic carbocycles. The summed E-state index contributed by atoms with van der Waals surface area (Å²) < 4.78 is 85.9. The first-order valence-electron chi connectivity index (χ1n) is 9.88. The van der Waals surface area contributed by atoms with Crippen molar-refractivity contribution in [2.75, 3.05) is 37.7 Å². The molecule has 0 saturated carbocycles. The Labute approximate surface area is 174 Å². The zero-order valence-electron chi connectivity index (χ0n) is 16.6. The predicted octanol–water partition coefficient (Wildman–Crippen LogP) is 3.83. The molecule has 1 N–H and O–H groups in total. The van der Waals surface area contributed by atoms with E-state index in [1.807, 2.05) is 6.92 Å². The van der Waals surface area contributed by atoms with Crippen molar-refractivity contribution in [1.82, 2.24) is 5.32 Å². The van der Waals surface area contributed by atoms with Gasteiger partial charge in [-0.25, -0.2) is 8.78 Å². The highest BCUT2D eigenvalue weighted by Crippen LogP contribution is 2.40. The molecule has 4 rings (SSSR count). The molecule has 0 radical (unpaired) electrons. The van der Waals surface area contributed by atoms with E-state index in [0.717, 1.165) is 18.2 Å². The monoisotopic (exact) mass is 448 g/mol. The number of nitrogens with zero attached hydrogens (tertiary/aromatic N) is 1. The van der Waals surface area contributed by atoms with Crippen molar-refractivity contribution in [3.05, 3.63) is 29.5 Å². The minimum Gasteiger partial charge on any atom is -0.449 e. The minimum atomic E-state index is -4.64. The maximum absolute atomic E-state index is 15.1. The first kappa shape index (κ1) is 21.8. The lowest BCUT2D eigenvalue weighted by Crippen LogP contribution is -2.52. The fourth-order valence-electron chi connectivity index (χ4n) is 3.76. The number of alkyl halides is 5. The highest BCUT2D eigenvalue weighted by molar-refractivity contribution is 6.07. The van der Waals surface area contributed by atoms with Crippen LogP contribution in [-0.4, -0.2) is 56.9 Å². The Morgan fingerprint density at radius 2 is 1.94 bits per heavy atom. The van der Waals surface area contributed by atoms with Gasteiger partial charge in [-0.2, -0.15) is 13.2 Å². The van der Waals surface area contributed by atoms with Gasteiger partial charge < -0.3 is 24.1 Å². The van der Waals surface area contributed by atoms with E-state index in [4.69, 9.17) is 13.9 Å². The van der Waals surface area contributed by atoms with Gasteiger partial charge in [0.05, 0.1) is 37.1 Å². The molecule has 3 heterocycles. The van der Waals surface area contributed by atoms with E-state index in [-0.39, 0.29) is 54.8 Å². The molecule has 0 bridgehead atoms. The molecule has 2 aromatic rings. The van der Waals surface area contributed by atoms with Gasteiger partial charge in [0.15, 0.2) is 0 Å². The SMILES string of the molecule is CC[C@@H]1CO[C@@H](C(F)(F)CN2CCNC(=O)c3oc4ccc(C(F)(F)F)cc4c32)CO1. The summed E-state index contributed by atoms with van der Waals surface area (Å²) in [4.78, 5) is 13.5. The number of amides is 1. The molecule has 1 saturated heterocycles. The van der Waals surface area contributed by atoms with Crippen molar-refractivity contribution in [3.8, 4) is 0 Å². The van der Waals surface area contributed by atoms with Crippen LogP contribution in [-0.2, 0) is 15.7 Å². The molecular formula is C20H21F5N2O4. The number of ether oxygens (including phenoxy) is 2. The summed E-state index contributed by atoms with van der Waals surface area (Å²) in [6.45, 7) is 0.711. The minimum absolute atomic E-state index is 0.00593. The lowest BCUT2D eigenvalue weighted by molar-refractivity contribution is -0.212. The second-order valence-electron chi connectivity index (χ2n) is 7.61. The van der Waals surface area contributed by atoms with Crippen LogP contribution in [0, 0.1) is 0 Å². The van der Waals surface area contributed by atoms with Crippen molar-refractivity contribution in [2.45, 2.75) is 37.7 Å². The number of hydrogen-bond acceptors (Lipinski definition) is 5. The first-order chi connectivity index (χ1) is 14.6. The van der Waals surface area contributed by atoms with Gasteiger partial charge in [0.2, 0.25) is 5.76 Å². The number of rotatable bonds is 4. The number of carbonyl (C=O) groups excluding carboxylic acids is 1. The number of benzene rings is 1. The molecule has 2 aliphatic heterocycles. The largest absolute Gasteiger partial charge is 0.449 e. The van der Waals surface area contributed by atoms with E-state index >= 15 is 8.78 Å². The Balaban J connectivity index is 1.69. The number of halogens is 5. The standard InChI is InChI=1S/C20H21F5N2O4/c1-2-12-8-30-15(9-29-12)19(21,22)10-27-6-5-26-18(28)17-16(27)13-7-11(20(23,24)25)3-4-14(13)31-17/h3-4,7,12,15H,2,5-6,8-10H2,1H3,(H,26,28)/t12-,15-/m1/s1. The van der Waals surface area contributed by atoms with E-state index in [2.05, 4.69) is 5.32 Å². The summed E-state index contributed by atoms with van der Waals surface area (Å²) in [7, 11) is 0. The molecule has 2 aliphatic rings. The number of fused-ring (bicyclic) bond motifs is 3. The van der Waals surface area contributed by atoms with E-state index in [9.17, 15) is 18.0 Å². The number of carbonyl (C=O) groups is 1. The van der Waals surface area contributed by atoms with Crippen LogP contribution in [0.1, 0.15) is 29.5 Å². The quantitative estimate of drug-likeness (QED) is 0.721. The average molecular weight is 448 g/mol. The summed E-state index contributed by atoms with van der Waals surface area (Å²) in [6, 6.07) is 2.71. The molecule has 2 atom stereocenters. The third kappa shape index (κ3) is 4.20. The van der Waals surface area contributed by atoms with Gasteiger partial charge in [-0.15, -0.1) is 0 Å². The van der Waals surface area contributed by atoms with E-state index in [1.165, 1.54) is 4.90 Å². The van der Waals surface area contributed by atoms with Crippen LogP contribution in [0.25, 0.3) is 11.0 Å². The second kappa shape index (κ2) is 7.94. The normalized spacial score (nSPS) is 22.9. The first-order valence-corrected chi connectivity index (χ1v) is 9.88. The number of hydrogen-bond donors (Lipinski definition) is 1. The van der Waals surface area contributed by atoms with Crippen LogP contribution < -0.4 is 10.2 Å². The van der Waals surface area contributed by atoms with E-state index in [0.29, 0.717) is 6.42 Å². The Kier molecular flexibility index (Phi) is 5.59. The Hall–Kier alpha value is -2.40. The number of furan rings is 1. The lowest BCUT2D eigenvalue weighted by atomic mass is 10.1. The van der Waals surface area contributed by atoms with Gasteiger partial charge in [-0.3, -0.25) is 4.79 Å². The summed E-state index contributed by atoms with van der Waals surface area (Å²) in [5, 5.41) is 2.47. The molecule has 11 heteroatoms. The maximum Gasteiger partial charge on any atom is 0.416 e. The predicted molar refractivity (Wildman–Crippen MR) is 100 cm³/mol. The van der Waals surface area contributed by atoms with Crippen LogP contribution in [0.4, 0.5) is 27.6 Å². The van der Waals surface area contributed by atoms with Gasteiger partial charge in [0.1, 0.15) is 11.7 Å². The molecule has 1 amide bonds. The molecule has 1 fully saturated rings. The molecule has 6 nitrogen and oxygen atoms in total. The molecule has 31 heavy (non-hydrogen) atoms. The summed E-state index contributed by atoms with van der Waals surface area (Å²) in [5.41, 5.74) is -1.04. The van der Waals surface area contributed by atoms with Gasteiger partial charge in [-0.1, -0.05) is 6.92 Å². The number of nitrogens with one attached hydrogen (secondary N) is 1. The van der Waals surface area contributed by atoms with Crippen LogP contribution in [0.15, 0.2) is 22.6 Å². The van der Waals surface area contributed by atoms with Crippen molar-refractivity contribution >= 4 is 22.6 Å². The lowest BCUT2D eigenvalue weighted by Gasteiger charge is -2.36. The van der Waals surface area contributed by atoms with Gasteiger partial charge in [0.25, 0.3) is 11.8 Å². The van der Waals surface area contributed by atoms with Gasteiger partial charge >= 0.3 is 6.18 Å². The molecule has 0 spiro atoms. The molecular weight excluding hydrogens is 427 g/mol. The molecule has 1 aromatic heterocycles. The summed E-state index contributed by atoms with van der Waals surface area (Å²) in [6.07, 6.45) is -5.76. The fourth-order valence-corrected chi connectivity index (χ4v) is 3.76. The van der Waals surface area contributed by atoms with Crippen molar-refractivity contribution in [2.24, 2.45) is 0 Å². The fraction of sp³-hybridized carbons (Fsp3) is 0.550. The third-order valence-corrected chi connectivity index (χ3v) is 5.47.